The first kappa shape index (κ1) is 14.1. The molecule has 0 amide bonds. The van der Waals surface area contributed by atoms with Gasteiger partial charge in [0.15, 0.2) is 0 Å². The first-order valence-corrected chi connectivity index (χ1v) is 7.72. The maximum Gasteiger partial charge on any atom is 0.133 e. The number of furan rings is 1. The molecule has 0 spiro atoms. The Morgan fingerprint density at radius 1 is 1.19 bits per heavy atom. The van der Waals surface area contributed by atoms with Gasteiger partial charge in [0.25, 0.3) is 0 Å². The van der Waals surface area contributed by atoms with Crippen LogP contribution in [0.1, 0.15) is 48.3 Å². The van der Waals surface area contributed by atoms with Crippen LogP contribution in [0.4, 0.5) is 0 Å². The summed E-state index contributed by atoms with van der Waals surface area (Å²) in [5.41, 5.74) is 2.30. The number of hydrogen-bond donors (Lipinski definition) is 0. The zero-order valence-electron chi connectivity index (χ0n) is 12.8. The molecule has 1 aromatic heterocycles. The van der Waals surface area contributed by atoms with Gasteiger partial charge in [-0.1, -0.05) is 30.3 Å². The molecule has 21 heavy (non-hydrogen) atoms. The van der Waals surface area contributed by atoms with Crippen LogP contribution >= 0.6 is 0 Å². The van der Waals surface area contributed by atoms with Crippen LogP contribution in [0.2, 0.25) is 0 Å². The molecule has 0 saturated heterocycles. The van der Waals surface area contributed by atoms with E-state index in [-0.39, 0.29) is 5.41 Å². The molecular formula is C19H22O2. The van der Waals surface area contributed by atoms with Crippen LogP contribution in [-0.2, 0) is 16.6 Å². The number of ketones is 1. The highest BCUT2D eigenvalue weighted by Crippen LogP contribution is 2.42. The van der Waals surface area contributed by atoms with E-state index in [9.17, 15) is 4.79 Å². The van der Waals surface area contributed by atoms with Gasteiger partial charge in [0.2, 0.25) is 0 Å². The molecule has 2 aromatic rings. The number of benzene rings is 1. The van der Waals surface area contributed by atoms with Gasteiger partial charge < -0.3 is 4.42 Å². The van der Waals surface area contributed by atoms with Crippen LogP contribution < -0.4 is 0 Å². The number of Topliss-reactive ketones (excluding diaryl/α,β-unsaturated/α-hetero) is 1. The third-order valence-electron chi connectivity index (χ3n) is 4.72. The summed E-state index contributed by atoms with van der Waals surface area (Å²) < 4.78 is 6.03. The second-order valence-corrected chi connectivity index (χ2v) is 6.36. The first-order valence-electron chi connectivity index (χ1n) is 7.72. The molecule has 2 heteroatoms. The SMILES string of the molecule is Cc1cc(C2(Cc3ccccc3)CCCC(=O)C2)oc1C. The van der Waals surface area contributed by atoms with Gasteiger partial charge in [-0.2, -0.15) is 0 Å². The number of carbonyl (C=O) groups excluding carboxylic acids is 1. The van der Waals surface area contributed by atoms with Gasteiger partial charge in [-0.05, 0) is 50.3 Å². The third kappa shape index (κ3) is 2.80. The first-order chi connectivity index (χ1) is 10.1. The molecule has 0 radical (unpaired) electrons. The smallest absolute Gasteiger partial charge is 0.133 e. The average molecular weight is 282 g/mol. The monoisotopic (exact) mass is 282 g/mol. The second-order valence-electron chi connectivity index (χ2n) is 6.36. The Balaban J connectivity index is 2.00. The molecule has 1 fully saturated rings. The largest absolute Gasteiger partial charge is 0.465 e. The summed E-state index contributed by atoms with van der Waals surface area (Å²) in [4.78, 5) is 12.1. The highest BCUT2D eigenvalue weighted by atomic mass is 16.3. The van der Waals surface area contributed by atoms with E-state index >= 15 is 0 Å². The van der Waals surface area contributed by atoms with E-state index < -0.39 is 0 Å². The molecule has 3 rings (SSSR count). The van der Waals surface area contributed by atoms with E-state index in [0.29, 0.717) is 12.2 Å². The summed E-state index contributed by atoms with van der Waals surface area (Å²) >= 11 is 0. The van der Waals surface area contributed by atoms with Crippen LogP contribution in [0, 0.1) is 13.8 Å². The van der Waals surface area contributed by atoms with E-state index in [0.717, 1.165) is 37.2 Å². The van der Waals surface area contributed by atoms with Crippen molar-refractivity contribution in [2.24, 2.45) is 0 Å². The Hall–Kier alpha value is -1.83. The van der Waals surface area contributed by atoms with Crippen molar-refractivity contribution in [3.63, 3.8) is 0 Å². The van der Waals surface area contributed by atoms with Gasteiger partial charge in [0.1, 0.15) is 17.3 Å². The van der Waals surface area contributed by atoms with Crippen molar-refractivity contribution < 1.29 is 9.21 Å². The molecule has 1 saturated carbocycles. The van der Waals surface area contributed by atoms with Crippen molar-refractivity contribution in [3.05, 3.63) is 59.0 Å². The lowest BCUT2D eigenvalue weighted by Gasteiger charge is -2.35. The van der Waals surface area contributed by atoms with Crippen LogP contribution in [0.5, 0.6) is 0 Å². The number of aryl methyl sites for hydroxylation is 2. The fourth-order valence-corrected chi connectivity index (χ4v) is 3.45. The third-order valence-corrected chi connectivity index (χ3v) is 4.72. The molecule has 1 unspecified atom stereocenters. The van der Waals surface area contributed by atoms with Crippen LogP contribution in [0.25, 0.3) is 0 Å². The average Bonchev–Trinajstić information content (AvgIpc) is 2.80. The number of rotatable bonds is 3. The van der Waals surface area contributed by atoms with Gasteiger partial charge in [-0.3, -0.25) is 4.79 Å². The summed E-state index contributed by atoms with van der Waals surface area (Å²) in [5.74, 6) is 2.33. The molecule has 0 aliphatic heterocycles. The summed E-state index contributed by atoms with van der Waals surface area (Å²) in [7, 11) is 0. The van der Waals surface area contributed by atoms with Crippen molar-refractivity contribution >= 4 is 5.78 Å². The van der Waals surface area contributed by atoms with E-state index in [1.165, 1.54) is 11.1 Å². The molecule has 110 valence electrons. The van der Waals surface area contributed by atoms with Crippen molar-refractivity contribution in [3.8, 4) is 0 Å². The molecule has 0 bridgehead atoms. The second kappa shape index (κ2) is 5.51. The fourth-order valence-electron chi connectivity index (χ4n) is 3.45. The highest BCUT2D eigenvalue weighted by Gasteiger charge is 2.40. The van der Waals surface area contributed by atoms with Gasteiger partial charge in [-0.15, -0.1) is 0 Å². The highest BCUT2D eigenvalue weighted by molar-refractivity contribution is 5.81. The predicted octanol–water partition coefficient (Wildman–Crippen LogP) is 4.52. The lowest BCUT2D eigenvalue weighted by atomic mass is 9.68. The van der Waals surface area contributed by atoms with Crippen LogP contribution in [0.3, 0.4) is 0 Å². The lowest BCUT2D eigenvalue weighted by Crippen LogP contribution is -2.35. The quantitative estimate of drug-likeness (QED) is 0.828. The maximum atomic E-state index is 12.1. The number of hydrogen-bond acceptors (Lipinski definition) is 2. The van der Waals surface area contributed by atoms with Gasteiger partial charge in [-0.25, -0.2) is 0 Å². The van der Waals surface area contributed by atoms with Crippen LogP contribution in [0.15, 0.2) is 40.8 Å². The maximum absolute atomic E-state index is 12.1. The molecule has 1 atom stereocenters. The van der Waals surface area contributed by atoms with Crippen molar-refractivity contribution in [2.45, 2.75) is 51.4 Å². The Labute approximate surface area is 126 Å². The topological polar surface area (TPSA) is 30.2 Å². The minimum Gasteiger partial charge on any atom is -0.465 e. The molecule has 1 aromatic carbocycles. The predicted molar refractivity (Wildman–Crippen MR) is 83.5 cm³/mol. The van der Waals surface area contributed by atoms with Crippen molar-refractivity contribution in [2.75, 3.05) is 0 Å². The summed E-state index contributed by atoms with van der Waals surface area (Å²) in [6.45, 7) is 4.07. The molecule has 1 heterocycles. The Kier molecular flexibility index (Phi) is 3.71. The normalized spacial score (nSPS) is 22.5. The lowest BCUT2D eigenvalue weighted by molar-refractivity contribution is -0.122. The Morgan fingerprint density at radius 3 is 2.57 bits per heavy atom. The van der Waals surface area contributed by atoms with E-state index in [1.807, 2.05) is 13.0 Å². The summed E-state index contributed by atoms with van der Waals surface area (Å²) in [5, 5.41) is 0. The van der Waals surface area contributed by atoms with Gasteiger partial charge in [0, 0.05) is 18.3 Å². The van der Waals surface area contributed by atoms with Gasteiger partial charge >= 0.3 is 0 Å². The fraction of sp³-hybridized carbons (Fsp3) is 0.421. The van der Waals surface area contributed by atoms with Crippen LogP contribution in [-0.4, -0.2) is 5.78 Å². The molecule has 1 aliphatic carbocycles. The minimum atomic E-state index is -0.157. The van der Waals surface area contributed by atoms with E-state index in [4.69, 9.17) is 4.42 Å². The Morgan fingerprint density at radius 2 is 1.95 bits per heavy atom. The van der Waals surface area contributed by atoms with E-state index in [1.54, 1.807) is 0 Å². The van der Waals surface area contributed by atoms with Crippen molar-refractivity contribution in [1.29, 1.82) is 0 Å². The zero-order chi connectivity index (χ0) is 14.9. The van der Waals surface area contributed by atoms with Crippen molar-refractivity contribution in [1.82, 2.24) is 0 Å². The molecule has 0 N–H and O–H groups in total. The standard InChI is InChI=1S/C19H22O2/c1-14-11-18(21-15(14)2)19(10-6-9-17(20)13-19)12-16-7-4-3-5-8-16/h3-5,7-8,11H,6,9-10,12-13H2,1-2H3. The zero-order valence-corrected chi connectivity index (χ0v) is 12.8. The van der Waals surface area contributed by atoms with E-state index in [2.05, 4.69) is 37.3 Å². The molecular weight excluding hydrogens is 260 g/mol. The minimum absolute atomic E-state index is 0.157. The number of carbonyl (C=O) groups is 1. The summed E-state index contributed by atoms with van der Waals surface area (Å²) in [6.07, 6.45) is 4.19. The molecule has 2 nitrogen and oxygen atoms in total. The van der Waals surface area contributed by atoms with Gasteiger partial charge in [0.05, 0.1) is 0 Å². The summed E-state index contributed by atoms with van der Waals surface area (Å²) in [6, 6.07) is 12.6. The molecule has 1 aliphatic rings. The Bertz CT molecular complexity index is 619.